The first-order valence-corrected chi connectivity index (χ1v) is 7.37. The highest BCUT2D eigenvalue weighted by molar-refractivity contribution is 5.82. The lowest BCUT2D eigenvalue weighted by atomic mass is 10.1. The summed E-state index contributed by atoms with van der Waals surface area (Å²) < 4.78 is 21.3. The number of hydrogen-bond donors (Lipinski definition) is 0. The number of ether oxygens (including phenoxy) is 2. The number of furan rings is 1. The molecule has 0 unspecified atom stereocenters. The summed E-state index contributed by atoms with van der Waals surface area (Å²) in [7, 11) is 1.25. The van der Waals surface area contributed by atoms with Gasteiger partial charge in [-0.2, -0.15) is 0 Å². The molecule has 2 aromatic heterocycles. The molecule has 0 aliphatic rings. The normalized spacial score (nSPS) is 12.1. The molecule has 1 aromatic carbocycles. The molecule has 0 radical (unpaired) electrons. The van der Waals surface area contributed by atoms with E-state index in [1.165, 1.54) is 20.3 Å². The number of carbonyl (C=O) groups excluding carboxylic acids is 1. The third-order valence-electron chi connectivity index (χ3n) is 3.58. The highest BCUT2D eigenvalue weighted by Crippen LogP contribution is 2.32. The van der Waals surface area contributed by atoms with Crippen molar-refractivity contribution in [1.82, 2.24) is 0 Å². The monoisotopic (exact) mass is 328 g/mol. The molecule has 6 heteroatoms. The average molecular weight is 328 g/mol. The Balaban J connectivity index is 2.23. The molecular formula is C18H16O6. The number of hydrogen-bond acceptors (Lipinski definition) is 6. The average Bonchev–Trinajstić information content (AvgIpc) is 3.11. The predicted octanol–water partition coefficient (Wildman–Crippen LogP) is 3.30. The first kappa shape index (κ1) is 15.9. The van der Waals surface area contributed by atoms with Crippen molar-refractivity contribution in [3.8, 4) is 17.3 Å². The van der Waals surface area contributed by atoms with E-state index in [0.717, 1.165) is 5.56 Å². The lowest BCUT2D eigenvalue weighted by Gasteiger charge is -2.14. The molecule has 0 saturated carbocycles. The molecule has 0 aliphatic heterocycles. The van der Waals surface area contributed by atoms with Gasteiger partial charge in [0.2, 0.25) is 16.9 Å². The lowest BCUT2D eigenvalue weighted by Crippen LogP contribution is -2.27. The van der Waals surface area contributed by atoms with Crippen molar-refractivity contribution in [3.63, 3.8) is 0 Å². The Kier molecular flexibility index (Phi) is 4.12. The summed E-state index contributed by atoms with van der Waals surface area (Å²) in [4.78, 5) is 24.5. The molecule has 3 rings (SSSR count). The quantitative estimate of drug-likeness (QED) is 0.684. The number of carbonyl (C=O) groups is 1. The number of esters is 1. The van der Waals surface area contributed by atoms with E-state index in [0.29, 0.717) is 16.7 Å². The van der Waals surface area contributed by atoms with Crippen LogP contribution in [0.3, 0.4) is 0 Å². The Morgan fingerprint density at radius 3 is 2.71 bits per heavy atom. The van der Waals surface area contributed by atoms with Gasteiger partial charge >= 0.3 is 5.97 Å². The van der Waals surface area contributed by atoms with Crippen LogP contribution in [-0.2, 0) is 9.53 Å². The summed E-state index contributed by atoms with van der Waals surface area (Å²) in [6, 6.07) is 8.58. The van der Waals surface area contributed by atoms with Crippen molar-refractivity contribution in [2.24, 2.45) is 0 Å². The van der Waals surface area contributed by atoms with Gasteiger partial charge in [-0.15, -0.1) is 0 Å². The van der Waals surface area contributed by atoms with E-state index in [-0.39, 0.29) is 16.9 Å². The van der Waals surface area contributed by atoms with Gasteiger partial charge in [0.15, 0.2) is 11.9 Å². The summed E-state index contributed by atoms with van der Waals surface area (Å²) in [6.07, 6.45) is 0.496. The summed E-state index contributed by atoms with van der Waals surface area (Å²) in [5, 5.41) is 0.373. The molecule has 0 spiro atoms. The number of methoxy groups -OCH3 is 1. The minimum Gasteiger partial charge on any atom is -0.471 e. The second-order valence-corrected chi connectivity index (χ2v) is 5.35. The Bertz CT molecular complexity index is 936. The van der Waals surface area contributed by atoms with E-state index in [1.807, 2.05) is 13.0 Å². The zero-order valence-corrected chi connectivity index (χ0v) is 13.5. The van der Waals surface area contributed by atoms with Gasteiger partial charge in [-0.3, -0.25) is 4.79 Å². The number of fused-ring (bicyclic) bond motifs is 1. The van der Waals surface area contributed by atoms with Crippen molar-refractivity contribution >= 4 is 16.9 Å². The molecule has 1 atom stereocenters. The van der Waals surface area contributed by atoms with Gasteiger partial charge in [-0.05, 0) is 38.1 Å². The summed E-state index contributed by atoms with van der Waals surface area (Å²) in [5.74, 6) is -0.205. The molecule has 0 amide bonds. The van der Waals surface area contributed by atoms with Crippen LogP contribution >= 0.6 is 0 Å². The highest BCUT2D eigenvalue weighted by Gasteiger charge is 2.24. The topological polar surface area (TPSA) is 78.9 Å². The fourth-order valence-corrected chi connectivity index (χ4v) is 2.36. The van der Waals surface area contributed by atoms with Gasteiger partial charge in [-0.1, -0.05) is 11.6 Å². The SMILES string of the molecule is COC(=O)[C@@H](C)Oc1c(-c2ccco2)oc2ccc(C)cc2c1=O. The zero-order chi connectivity index (χ0) is 17.3. The Morgan fingerprint density at radius 1 is 1.25 bits per heavy atom. The largest absolute Gasteiger partial charge is 0.471 e. The number of benzene rings is 1. The molecular weight excluding hydrogens is 312 g/mol. The van der Waals surface area contributed by atoms with Crippen LogP contribution in [0.1, 0.15) is 12.5 Å². The van der Waals surface area contributed by atoms with E-state index >= 15 is 0 Å². The third kappa shape index (κ3) is 2.78. The second kappa shape index (κ2) is 6.23. The molecule has 0 aliphatic carbocycles. The summed E-state index contributed by atoms with van der Waals surface area (Å²) in [6.45, 7) is 3.37. The van der Waals surface area contributed by atoms with E-state index in [4.69, 9.17) is 13.6 Å². The van der Waals surface area contributed by atoms with Gasteiger partial charge < -0.3 is 18.3 Å². The molecule has 124 valence electrons. The standard InChI is InChI=1S/C18H16O6/c1-10-6-7-13-12(9-10)15(19)17(23-11(2)18(20)21-3)16(24-13)14-5-4-8-22-14/h4-9,11H,1-3H3/t11-/m1/s1. The van der Waals surface area contributed by atoms with Crippen LogP contribution in [0.5, 0.6) is 5.75 Å². The maximum absolute atomic E-state index is 12.9. The third-order valence-corrected chi connectivity index (χ3v) is 3.58. The minimum atomic E-state index is -0.964. The molecule has 3 aromatic rings. The van der Waals surface area contributed by atoms with Crippen LogP contribution in [0, 0.1) is 6.92 Å². The van der Waals surface area contributed by atoms with Crippen molar-refractivity contribution in [3.05, 3.63) is 52.4 Å². The Hall–Kier alpha value is -3.02. The molecule has 2 heterocycles. The van der Waals surface area contributed by atoms with Crippen molar-refractivity contribution in [2.75, 3.05) is 7.11 Å². The number of rotatable bonds is 4. The van der Waals surface area contributed by atoms with Gasteiger partial charge in [0.05, 0.1) is 18.8 Å². The van der Waals surface area contributed by atoms with Crippen molar-refractivity contribution in [2.45, 2.75) is 20.0 Å². The van der Waals surface area contributed by atoms with Gasteiger partial charge in [0, 0.05) is 0 Å². The fourth-order valence-electron chi connectivity index (χ4n) is 2.36. The highest BCUT2D eigenvalue weighted by atomic mass is 16.6. The van der Waals surface area contributed by atoms with Crippen LogP contribution in [0.4, 0.5) is 0 Å². The van der Waals surface area contributed by atoms with E-state index in [1.54, 1.807) is 24.3 Å². The van der Waals surface area contributed by atoms with Crippen molar-refractivity contribution < 1.29 is 23.1 Å². The van der Waals surface area contributed by atoms with Gasteiger partial charge in [0.1, 0.15) is 5.58 Å². The van der Waals surface area contributed by atoms with E-state index in [2.05, 4.69) is 4.74 Å². The number of aryl methyl sites for hydroxylation is 1. The molecule has 0 fully saturated rings. The second-order valence-electron chi connectivity index (χ2n) is 5.35. The predicted molar refractivity (Wildman–Crippen MR) is 87.0 cm³/mol. The first-order chi connectivity index (χ1) is 11.5. The van der Waals surface area contributed by atoms with E-state index in [9.17, 15) is 9.59 Å². The van der Waals surface area contributed by atoms with Crippen LogP contribution in [0.2, 0.25) is 0 Å². The maximum Gasteiger partial charge on any atom is 0.346 e. The minimum absolute atomic E-state index is 0.0825. The summed E-state index contributed by atoms with van der Waals surface area (Å²) >= 11 is 0. The molecule has 0 N–H and O–H groups in total. The molecule has 0 bridgehead atoms. The molecule has 0 saturated heterocycles. The summed E-state index contributed by atoms with van der Waals surface area (Å²) in [5.41, 5.74) is 0.949. The van der Waals surface area contributed by atoms with Gasteiger partial charge in [0.25, 0.3) is 0 Å². The molecule has 24 heavy (non-hydrogen) atoms. The van der Waals surface area contributed by atoms with Crippen LogP contribution in [0.25, 0.3) is 22.5 Å². The van der Waals surface area contributed by atoms with E-state index < -0.39 is 12.1 Å². The van der Waals surface area contributed by atoms with Crippen LogP contribution in [0.15, 0.2) is 50.2 Å². The van der Waals surface area contributed by atoms with Crippen molar-refractivity contribution in [1.29, 1.82) is 0 Å². The lowest BCUT2D eigenvalue weighted by molar-refractivity contribution is -0.147. The Morgan fingerprint density at radius 2 is 2.04 bits per heavy atom. The first-order valence-electron chi connectivity index (χ1n) is 7.37. The smallest absolute Gasteiger partial charge is 0.346 e. The van der Waals surface area contributed by atoms with Gasteiger partial charge in [-0.25, -0.2) is 4.79 Å². The van der Waals surface area contributed by atoms with Crippen LogP contribution in [-0.4, -0.2) is 19.2 Å². The molecule has 6 nitrogen and oxygen atoms in total. The maximum atomic E-state index is 12.9. The Labute approximate surface area is 137 Å². The fraction of sp³-hybridized carbons (Fsp3) is 0.222. The zero-order valence-electron chi connectivity index (χ0n) is 13.5. The van der Waals surface area contributed by atoms with Crippen LogP contribution < -0.4 is 10.2 Å².